The Kier molecular flexibility index (Phi) is 5.34. The molecule has 5 heteroatoms. The highest BCUT2D eigenvalue weighted by Gasteiger charge is 2.32. The second kappa shape index (κ2) is 7.44. The third-order valence-corrected chi connectivity index (χ3v) is 5.45. The number of hydrogen-bond donors (Lipinski definition) is 2. The highest BCUT2D eigenvalue weighted by atomic mass is 16.2. The number of amides is 2. The first kappa shape index (κ1) is 15.8. The van der Waals surface area contributed by atoms with Crippen LogP contribution in [0.25, 0.3) is 0 Å². The van der Waals surface area contributed by atoms with E-state index < -0.39 is 0 Å². The molecule has 2 N–H and O–H groups in total. The number of nitrogens with zero attached hydrogens (tertiary/aromatic N) is 1. The Balaban J connectivity index is 1.45. The van der Waals surface area contributed by atoms with Crippen LogP contribution in [0.3, 0.4) is 0 Å². The summed E-state index contributed by atoms with van der Waals surface area (Å²) in [7, 11) is 0. The Morgan fingerprint density at radius 3 is 2.59 bits per heavy atom. The summed E-state index contributed by atoms with van der Waals surface area (Å²) in [6.07, 6.45) is 9.98. The SMILES string of the molecule is O=C(CC1NCCN(CC2CCC2)C1=O)NC1CCCCC1. The van der Waals surface area contributed by atoms with Crippen LogP contribution < -0.4 is 10.6 Å². The maximum atomic E-state index is 12.5. The third kappa shape index (κ3) is 4.00. The Morgan fingerprint density at radius 1 is 1.14 bits per heavy atom. The summed E-state index contributed by atoms with van der Waals surface area (Å²) < 4.78 is 0. The van der Waals surface area contributed by atoms with E-state index in [2.05, 4.69) is 10.6 Å². The summed E-state index contributed by atoms with van der Waals surface area (Å²) in [5, 5.41) is 6.34. The molecule has 0 spiro atoms. The predicted molar refractivity (Wildman–Crippen MR) is 85.3 cm³/mol. The first-order valence-electron chi connectivity index (χ1n) is 9.04. The van der Waals surface area contributed by atoms with E-state index in [1.807, 2.05) is 4.90 Å². The van der Waals surface area contributed by atoms with Crippen LogP contribution in [-0.2, 0) is 9.59 Å². The summed E-state index contributed by atoms with van der Waals surface area (Å²) in [5.74, 6) is 0.846. The van der Waals surface area contributed by atoms with Crippen molar-refractivity contribution in [2.75, 3.05) is 19.6 Å². The van der Waals surface area contributed by atoms with E-state index >= 15 is 0 Å². The van der Waals surface area contributed by atoms with Crippen molar-refractivity contribution >= 4 is 11.8 Å². The van der Waals surface area contributed by atoms with E-state index in [9.17, 15) is 9.59 Å². The molecule has 1 heterocycles. The zero-order valence-corrected chi connectivity index (χ0v) is 13.5. The fourth-order valence-corrected chi connectivity index (χ4v) is 3.84. The van der Waals surface area contributed by atoms with Crippen LogP contribution in [0, 0.1) is 5.92 Å². The van der Waals surface area contributed by atoms with Gasteiger partial charge < -0.3 is 15.5 Å². The summed E-state index contributed by atoms with van der Waals surface area (Å²) >= 11 is 0. The lowest BCUT2D eigenvalue weighted by Crippen LogP contribution is -2.57. The summed E-state index contributed by atoms with van der Waals surface area (Å²) in [6, 6.07) is 0.00318. The molecule has 0 aromatic carbocycles. The Hall–Kier alpha value is -1.10. The minimum atomic E-state index is -0.322. The van der Waals surface area contributed by atoms with E-state index in [0.29, 0.717) is 12.0 Å². The molecule has 1 atom stereocenters. The molecule has 0 radical (unpaired) electrons. The molecule has 2 saturated carbocycles. The number of piperazine rings is 1. The van der Waals surface area contributed by atoms with Crippen molar-refractivity contribution < 1.29 is 9.59 Å². The summed E-state index contributed by atoms with van der Waals surface area (Å²) in [5.41, 5.74) is 0. The molecule has 2 amide bonds. The van der Waals surface area contributed by atoms with E-state index in [4.69, 9.17) is 0 Å². The molecule has 0 bridgehead atoms. The van der Waals surface area contributed by atoms with E-state index in [1.165, 1.54) is 38.5 Å². The lowest BCUT2D eigenvalue weighted by atomic mass is 9.85. The van der Waals surface area contributed by atoms with Gasteiger partial charge in [-0.15, -0.1) is 0 Å². The van der Waals surface area contributed by atoms with Crippen molar-refractivity contribution in [2.45, 2.75) is 69.9 Å². The Morgan fingerprint density at radius 2 is 1.91 bits per heavy atom. The fourth-order valence-electron chi connectivity index (χ4n) is 3.84. The molecule has 1 saturated heterocycles. The van der Waals surface area contributed by atoms with Gasteiger partial charge in [0, 0.05) is 25.7 Å². The number of rotatable bonds is 5. The maximum Gasteiger partial charge on any atom is 0.240 e. The summed E-state index contributed by atoms with van der Waals surface area (Å²) in [6.45, 7) is 2.48. The van der Waals surface area contributed by atoms with Gasteiger partial charge in [-0.05, 0) is 31.6 Å². The van der Waals surface area contributed by atoms with Gasteiger partial charge in [0.25, 0.3) is 0 Å². The van der Waals surface area contributed by atoms with Crippen LogP contribution in [0.4, 0.5) is 0 Å². The van der Waals surface area contributed by atoms with Gasteiger partial charge in [-0.1, -0.05) is 25.7 Å². The van der Waals surface area contributed by atoms with Crippen molar-refractivity contribution in [1.29, 1.82) is 0 Å². The molecule has 1 aliphatic heterocycles. The van der Waals surface area contributed by atoms with Gasteiger partial charge in [0.1, 0.15) is 0 Å². The molecule has 124 valence electrons. The molecule has 0 aromatic rings. The molecule has 3 rings (SSSR count). The minimum Gasteiger partial charge on any atom is -0.353 e. The predicted octanol–water partition coefficient (Wildman–Crippen LogP) is 1.43. The van der Waals surface area contributed by atoms with Crippen molar-refractivity contribution in [3.8, 4) is 0 Å². The second-order valence-corrected chi connectivity index (χ2v) is 7.19. The first-order valence-corrected chi connectivity index (χ1v) is 9.04. The largest absolute Gasteiger partial charge is 0.353 e. The average molecular weight is 307 g/mol. The lowest BCUT2D eigenvalue weighted by Gasteiger charge is -2.37. The van der Waals surface area contributed by atoms with Crippen LogP contribution in [-0.4, -0.2) is 48.4 Å². The van der Waals surface area contributed by atoms with E-state index in [1.54, 1.807) is 0 Å². The Bertz CT molecular complexity index is 403. The highest BCUT2D eigenvalue weighted by Crippen LogP contribution is 2.27. The summed E-state index contributed by atoms with van der Waals surface area (Å²) in [4.78, 5) is 26.7. The van der Waals surface area contributed by atoms with Crippen LogP contribution >= 0.6 is 0 Å². The first-order chi connectivity index (χ1) is 10.7. The molecule has 3 aliphatic rings. The molecule has 2 aliphatic carbocycles. The molecular formula is C17H29N3O2. The van der Waals surface area contributed by atoms with Crippen LogP contribution in [0.5, 0.6) is 0 Å². The van der Waals surface area contributed by atoms with Gasteiger partial charge in [-0.25, -0.2) is 0 Å². The van der Waals surface area contributed by atoms with Crippen molar-refractivity contribution in [1.82, 2.24) is 15.5 Å². The monoisotopic (exact) mass is 307 g/mol. The van der Waals surface area contributed by atoms with Crippen LogP contribution in [0.15, 0.2) is 0 Å². The topological polar surface area (TPSA) is 61.4 Å². The zero-order valence-electron chi connectivity index (χ0n) is 13.5. The van der Waals surface area contributed by atoms with E-state index in [-0.39, 0.29) is 24.3 Å². The van der Waals surface area contributed by atoms with Gasteiger partial charge in [0.15, 0.2) is 0 Å². The van der Waals surface area contributed by atoms with Gasteiger partial charge in [-0.2, -0.15) is 0 Å². The third-order valence-electron chi connectivity index (χ3n) is 5.45. The molecular weight excluding hydrogens is 278 g/mol. The fraction of sp³-hybridized carbons (Fsp3) is 0.882. The molecule has 1 unspecified atom stereocenters. The smallest absolute Gasteiger partial charge is 0.240 e. The van der Waals surface area contributed by atoms with Gasteiger partial charge in [-0.3, -0.25) is 9.59 Å². The zero-order chi connectivity index (χ0) is 15.4. The van der Waals surface area contributed by atoms with Gasteiger partial charge >= 0.3 is 0 Å². The minimum absolute atomic E-state index is 0.0308. The van der Waals surface area contributed by atoms with Gasteiger partial charge in [0.05, 0.1) is 12.5 Å². The number of nitrogens with one attached hydrogen (secondary N) is 2. The Labute approximate surface area is 133 Å². The molecule has 3 fully saturated rings. The highest BCUT2D eigenvalue weighted by molar-refractivity contribution is 5.89. The molecule has 22 heavy (non-hydrogen) atoms. The maximum absolute atomic E-state index is 12.5. The average Bonchev–Trinajstić information content (AvgIpc) is 2.47. The lowest BCUT2D eigenvalue weighted by molar-refractivity contribution is -0.139. The van der Waals surface area contributed by atoms with Crippen molar-refractivity contribution in [2.24, 2.45) is 5.92 Å². The standard InChI is InChI=1S/C17H29N3O2/c21-16(19-14-7-2-1-3-8-14)11-15-17(22)20(10-9-18-15)12-13-5-4-6-13/h13-15,18H,1-12H2,(H,19,21). The van der Waals surface area contributed by atoms with Crippen molar-refractivity contribution in [3.63, 3.8) is 0 Å². The van der Waals surface area contributed by atoms with E-state index in [0.717, 1.165) is 32.5 Å². The van der Waals surface area contributed by atoms with Crippen LogP contribution in [0.2, 0.25) is 0 Å². The quantitative estimate of drug-likeness (QED) is 0.807. The molecule has 0 aromatic heterocycles. The molecule has 5 nitrogen and oxygen atoms in total. The second-order valence-electron chi connectivity index (χ2n) is 7.19. The van der Waals surface area contributed by atoms with Gasteiger partial charge in [0.2, 0.25) is 11.8 Å². The number of hydrogen-bond acceptors (Lipinski definition) is 3. The number of carbonyl (C=O) groups excluding carboxylic acids is 2. The van der Waals surface area contributed by atoms with Crippen LogP contribution in [0.1, 0.15) is 57.8 Å². The normalized spacial score (nSPS) is 27.5. The van der Waals surface area contributed by atoms with Crippen molar-refractivity contribution in [3.05, 3.63) is 0 Å². The number of carbonyl (C=O) groups is 2.